The highest BCUT2D eigenvalue weighted by molar-refractivity contribution is 7.15. The summed E-state index contributed by atoms with van der Waals surface area (Å²) in [6.45, 7) is 4.52. The Bertz CT molecular complexity index is 1080. The quantitative estimate of drug-likeness (QED) is 0.491. The monoisotopic (exact) mass is 423 g/mol. The topological polar surface area (TPSA) is 89.2 Å². The van der Waals surface area contributed by atoms with Crippen LogP contribution < -0.4 is 15.5 Å². The molecule has 0 atom stereocenters. The van der Waals surface area contributed by atoms with Crippen molar-refractivity contribution >= 4 is 38.9 Å². The van der Waals surface area contributed by atoms with Gasteiger partial charge in [-0.1, -0.05) is 6.07 Å². The number of hydrogen-bond acceptors (Lipinski definition) is 7. The SMILES string of the molecule is CCNC(=NC)Nc1nc(-c2csc(N3CCc4ccc(C#N)cc4C3)n2)cs1. The molecule has 7 nitrogen and oxygen atoms in total. The van der Waals surface area contributed by atoms with Gasteiger partial charge in [0.05, 0.1) is 11.6 Å². The number of benzene rings is 1. The maximum atomic E-state index is 9.16. The summed E-state index contributed by atoms with van der Waals surface area (Å²) < 4.78 is 0. The smallest absolute Gasteiger partial charge is 0.197 e. The zero-order valence-corrected chi connectivity index (χ0v) is 17.9. The Morgan fingerprint density at radius 1 is 1.24 bits per heavy atom. The van der Waals surface area contributed by atoms with Crippen LogP contribution in [0.5, 0.6) is 0 Å². The number of anilines is 2. The van der Waals surface area contributed by atoms with E-state index in [1.54, 1.807) is 18.4 Å². The summed E-state index contributed by atoms with van der Waals surface area (Å²) in [7, 11) is 1.74. The molecule has 2 aromatic heterocycles. The summed E-state index contributed by atoms with van der Waals surface area (Å²) in [5, 5.41) is 21.3. The van der Waals surface area contributed by atoms with Gasteiger partial charge in [-0.05, 0) is 36.6 Å². The van der Waals surface area contributed by atoms with Gasteiger partial charge in [-0.25, -0.2) is 9.97 Å². The summed E-state index contributed by atoms with van der Waals surface area (Å²) in [6.07, 6.45) is 0.963. The van der Waals surface area contributed by atoms with Crippen LogP contribution in [0.1, 0.15) is 23.6 Å². The lowest BCUT2D eigenvalue weighted by molar-refractivity contribution is 0.729. The van der Waals surface area contributed by atoms with E-state index in [1.807, 2.05) is 24.4 Å². The Labute approximate surface area is 177 Å². The number of hydrogen-bond donors (Lipinski definition) is 2. The van der Waals surface area contributed by atoms with Gasteiger partial charge in [-0.3, -0.25) is 4.99 Å². The fraction of sp³-hybridized carbons (Fsp3) is 0.300. The van der Waals surface area contributed by atoms with Crippen LogP contribution in [-0.2, 0) is 13.0 Å². The summed E-state index contributed by atoms with van der Waals surface area (Å²) in [6, 6.07) is 8.19. The molecule has 0 fully saturated rings. The number of nitriles is 1. The first-order chi connectivity index (χ1) is 14.2. The lowest BCUT2D eigenvalue weighted by Gasteiger charge is -2.28. The molecule has 29 heavy (non-hydrogen) atoms. The molecule has 0 saturated heterocycles. The number of guanidine groups is 1. The molecule has 4 rings (SSSR count). The molecular weight excluding hydrogens is 402 g/mol. The van der Waals surface area contributed by atoms with Crippen LogP contribution in [0.25, 0.3) is 11.4 Å². The maximum Gasteiger partial charge on any atom is 0.197 e. The molecule has 0 spiro atoms. The standard InChI is InChI=1S/C20H21N7S2/c1-3-23-18(22-2)26-19-24-16(11-28-19)17-12-29-20(25-17)27-7-6-14-5-4-13(9-21)8-15(14)10-27/h4-5,8,11-12H,3,6-7,10H2,1-2H3,(H2,22,23,24,26). The van der Waals surface area contributed by atoms with Crippen molar-refractivity contribution in [2.45, 2.75) is 19.9 Å². The molecule has 0 aliphatic carbocycles. The van der Waals surface area contributed by atoms with E-state index in [4.69, 9.17) is 10.2 Å². The third-order valence-corrected chi connectivity index (χ3v) is 6.33. The fourth-order valence-electron chi connectivity index (χ4n) is 3.21. The molecular formula is C20H21N7S2. The molecule has 0 amide bonds. The van der Waals surface area contributed by atoms with Crippen LogP contribution in [0, 0.1) is 11.3 Å². The molecule has 3 aromatic rings. The third kappa shape index (κ3) is 4.23. The lowest BCUT2D eigenvalue weighted by Crippen LogP contribution is -2.30. The number of aliphatic imine (C=N–C) groups is 1. The first-order valence-corrected chi connectivity index (χ1v) is 11.1. The predicted molar refractivity (Wildman–Crippen MR) is 120 cm³/mol. The molecule has 0 saturated carbocycles. The Hall–Kier alpha value is -2.96. The van der Waals surface area contributed by atoms with E-state index in [9.17, 15) is 0 Å². The van der Waals surface area contributed by atoms with Gasteiger partial charge < -0.3 is 15.5 Å². The number of thiazole rings is 2. The first kappa shape index (κ1) is 19.4. The molecule has 2 N–H and O–H groups in total. The summed E-state index contributed by atoms with van der Waals surface area (Å²) in [5.41, 5.74) is 4.98. The van der Waals surface area contributed by atoms with Crippen molar-refractivity contribution in [3.63, 3.8) is 0 Å². The van der Waals surface area contributed by atoms with Crippen molar-refractivity contribution in [3.05, 3.63) is 45.6 Å². The average molecular weight is 424 g/mol. The molecule has 1 aromatic carbocycles. The number of nitrogens with one attached hydrogen (secondary N) is 2. The Kier molecular flexibility index (Phi) is 5.74. The van der Waals surface area contributed by atoms with Crippen LogP contribution in [0.4, 0.5) is 10.3 Å². The summed E-state index contributed by atoms with van der Waals surface area (Å²) in [5.74, 6) is 0.705. The van der Waals surface area contributed by atoms with Gasteiger partial charge in [0.1, 0.15) is 11.4 Å². The average Bonchev–Trinajstić information content (AvgIpc) is 3.42. The Morgan fingerprint density at radius 3 is 2.86 bits per heavy atom. The van der Waals surface area contributed by atoms with E-state index >= 15 is 0 Å². The number of nitrogens with zero attached hydrogens (tertiary/aromatic N) is 5. The molecule has 9 heteroatoms. The maximum absolute atomic E-state index is 9.16. The highest BCUT2D eigenvalue weighted by atomic mass is 32.1. The number of aromatic nitrogens is 2. The van der Waals surface area contributed by atoms with E-state index in [-0.39, 0.29) is 0 Å². The van der Waals surface area contributed by atoms with Gasteiger partial charge in [-0.2, -0.15) is 5.26 Å². The molecule has 3 heterocycles. The van der Waals surface area contributed by atoms with Crippen LogP contribution in [0.15, 0.2) is 34.0 Å². The lowest BCUT2D eigenvalue weighted by atomic mass is 9.98. The summed E-state index contributed by atoms with van der Waals surface area (Å²) in [4.78, 5) is 15.9. The van der Waals surface area contributed by atoms with Crippen molar-refractivity contribution in [2.24, 2.45) is 4.99 Å². The minimum Gasteiger partial charge on any atom is -0.356 e. The van der Waals surface area contributed by atoms with Crippen LogP contribution in [0.3, 0.4) is 0 Å². The molecule has 0 unspecified atom stereocenters. The van der Waals surface area contributed by atoms with Crippen molar-refractivity contribution in [3.8, 4) is 17.5 Å². The zero-order chi connectivity index (χ0) is 20.2. The zero-order valence-electron chi connectivity index (χ0n) is 16.3. The number of rotatable bonds is 4. The molecule has 1 aliphatic rings. The van der Waals surface area contributed by atoms with Crippen LogP contribution in [-0.4, -0.2) is 36.1 Å². The Balaban J connectivity index is 1.48. The van der Waals surface area contributed by atoms with Crippen molar-refractivity contribution < 1.29 is 0 Å². The second-order valence-corrected chi connectivity index (χ2v) is 8.24. The highest BCUT2D eigenvalue weighted by Gasteiger charge is 2.20. The second kappa shape index (κ2) is 8.59. The van der Waals surface area contributed by atoms with Crippen molar-refractivity contribution in [1.82, 2.24) is 15.3 Å². The molecule has 0 radical (unpaired) electrons. The molecule has 0 bridgehead atoms. The van der Waals surface area contributed by atoms with E-state index in [0.717, 1.165) is 47.7 Å². The minimum absolute atomic E-state index is 0.705. The number of fused-ring (bicyclic) bond motifs is 1. The van der Waals surface area contributed by atoms with E-state index in [0.29, 0.717) is 11.5 Å². The van der Waals surface area contributed by atoms with E-state index in [2.05, 4.69) is 43.0 Å². The molecule has 1 aliphatic heterocycles. The van der Waals surface area contributed by atoms with Gasteiger partial charge in [0.15, 0.2) is 16.2 Å². The first-order valence-electron chi connectivity index (χ1n) is 9.36. The van der Waals surface area contributed by atoms with Gasteiger partial charge in [-0.15, -0.1) is 22.7 Å². The largest absolute Gasteiger partial charge is 0.356 e. The van der Waals surface area contributed by atoms with Crippen LogP contribution in [0.2, 0.25) is 0 Å². The van der Waals surface area contributed by atoms with Gasteiger partial charge >= 0.3 is 0 Å². The van der Waals surface area contributed by atoms with Crippen molar-refractivity contribution in [1.29, 1.82) is 5.26 Å². The van der Waals surface area contributed by atoms with Gasteiger partial charge in [0.2, 0.25) is 0 Å². The van der Waals surface area contributed by atoms with Gasteiger partial charge in [0.25, 0.3) is 0 Å². The van der Waals surface area contributed by atoms with E-state index < -0.39 is 0 Å². The van der Waals surface area contributed by atoms with Crippen molar-refractivity contribution in [2.75, 3.05) is 30.4 Å². The predicted octanol–water partition coefficient (Wildman–Crippen LogP) is 3.71. The Morgan fingerprint density at radius 2 is 2.07 bits per heavy atom. The minimum atomic E-state index is 0.705. The summed E-state index contributed by atoms with van der Waals surface area (Å²) >= 11 is 3.16. The normalized spacial score (nSPS) is 13.7. The van der Waals surface area contributed by atoms with Crippen LogP contribution >= 0.6 is 22.7 Å². The fourth-order valence-corrected chi connectivity index (χ4v) is 4.76. The van der Waals surface area contributed by atoms with E-state index in [1.165, 1.54) is 22.5 Å². The third-order valence-electron chi connectivity index (χ3n) is 4.67. The highest BCUT2D eigenvalue weighted by Crippen LogP contribution is 2.32. The van der Waals surface area contributed by atoms with Gasteiger partial charge in [0, 0.05) is 37.4 Å². The molecule has 148 valence electrons. The second-order valence-electron chi connectivity index (χ2n) is 6.55.